The number of pyridine rings is 1. The Morgan fingerprint density at radius 3 is 1.84 bits per heavy atom. The average Bonchev–Trinajstić information content (AvgIpc) is 2.28. The normalized spacial score (nSPS) is 8.42. The first-order valence-electron chi connectivity index (χ1n) is 4.23. The zero-order valence-corrected chi connectivity index (χ0v) is 16.6. The molecule has 0 unspecified atom stereocenters. The van der Waals surface area contributed by atoms with E-state index in [2.05, 4.69) is 16.3 Å². The Balaban J connectivity index is 0. The molecule has 0 radical (unpaired) electrons. The summed E-state index contributed by atoms with van der Waals surface area (Å²) in [5.74, 6) is -4.58. The second-order valence-electron chi connectivity index (χ2n) is 2.77. The zero-order valence-electron chi connectivity index (χ0n) is 10.3. The molecule has 0 aromatic carbocycles. The van der Waals surface area contributed by atoms with Gasteiger partial charge in [-0.05, 0) is 0 Å². The number of rotatable bonds is 4. The fraction of sp³-hybridized carbons (Fsp3) is 0. The second kappa shape index (κ2) is 10.3. The molecule has 0 saturated heterocycles. The molecule has 0 atom stereocenters. The van der Waals surface area contributed by atoms with Crippen LogP contribution in [0.5, 0.6) is 5.75 Å². The Labute approximate surface area is 193 Å². The van der Waals surface area contributed by atoms with E-state index < -0.39 is 29.3 Å². The average molecular weight is 313 g/mol. The van der Waals surface area contributed by atoms with Gasteiger partial charge in [-0.15, -0.1) is 0 Å². The van der Waals surface area contributed by atoms with Crippen molar-refractivity contribution in [1.29, 1.82) is 0 Å². The molecule has 1 rings (SSSR count). The van der Waals surface area contributed by atoms with Gasteiger partial charge in [0.25, 0.3) is 0 Å². The van der Waals surface area contributed by atoms with E-state index in [-0.39, 0.29) is 109 Å². The number of esters is 1. The van der Waals surface area contributed by atoms with Crippen LogP contribution in [0.3, 0.4) is 0 Å². The van der Waals surface area contributed by atoms with E-state index >= 15 is 0 Å². The summed E-state index contributed by atoms with van der Waals surface area (Å²) in [6.07, 6.45) is 0.831. The maximum Gasteiger partial charge on any atom is 1.00 e. The zero-order chi connectivity index (χ0) is 13.0. The van der Waals surface area contributed by atoms with Gasteiger partial charge in [0.2, 0.25) is 0 Å². The quantitative estimate of drug-likeness (QED) is 0.307. The van der Waals surface area contributed by atoms with Crippen molar-refractivity contribution in [1.82, 2.24) is 4.98 Å². The van der Waals surface area contributed by atoms with Crippen LogP contribution in [0.1, 0.15) is 21.0 Å². The van der Waals surface area contributed by atoms with Gasteiger partial charge in [0.05, 0.1) is 23.3 Å². The Morgan fingerprint density at radius 1 is 1.11 bits per heavy atom. The van der Waals surface area contributed by atoms with Crippen LogP contribution in [0, 0.1) is 0 Å². The molecule has 1 aromatic heterocycles. The summed E-state index contributed by atoms with van der Waals surface area (Å²) >= 11 is 0. The summed E-state index contributed by atoms with van der Waals surface area (Å²) in [5.41, 5.74) is -1.36. The molecule has 0 aliphatic rings. The summed E-state index contributed by atoms with van der Waals surface area (Å²) < 4.78 is 4.57. The number of carbonyl (C=O) groups excluding carboxylic acids is 3. The smallest absolute Gasteiger partial charge is 0.543 e. The fourth-order valence-electron chi connectivity index (χ4n) is 0.931. The van der Waals surface area contributed by atoms with Crippen LogP contribution in [0.15, 0.2) is 24.8 Å². The van der Waals surface area contributed by atoms with Crippen LogP contribution in [0.4, 0.5) is 0 Å². The number of hydrogen-bond donors (Lipinski definition) is 0. The number of carbonyl (C=O) groups is 3. The molecule has 0 saturated carbocycles. The largest absolute Gasteiger partial charge is 1.00 e. The summed E-state index contributed by atoms with van der Waals surface area (Å²) in [4.78, 5) is 35.2. The third-order valence-electron chi connectivity index (χ3n) is 1.60. The number of ether oxygens (including phenoxy) is 1. The fourth-order valence-corrected chi connectivity index (χ4v) is 0.931. The van der Waals surface area contributed by atoms with Gasteiger partial charge in [0, 0.05) is 18.2 Å². The second-order valence-corrected chi connectivity index (χ2v) is 2.77. The van der Waals surface area contributed by atoms with Crippen molar-refractivity contribution in [3.8, 4) is 5.75 Å². The van der Waals surface area contributed by atoms with Crippen molar-refractivity contribution >= 4 is 17.9 Å². The van der Waals surface area contributed by atoms with E-state index in [4.69, 9.17) is 0 Å². The Hall–Kier alpha value is 0.573. The molecule has 0 fully saturated rings. The predicted octanol–water partition coefficient (Wildman–Crippen LogP) is -8.09. The van der Waals surface area contributed by atoms with Crippen molar-refractivity contribution in [2.45, 2.75) is 0 Å². The van der Waals surface area contributed by atoms with Gasteiger partial charge in [-0.25, -0.2) is 9.78 Å². The summed E-state index contributed by atoms with van der Waals surface area (Å²) in [6, 6.07) is 1.70. The molecular formula is C10H5K2NO6. The Morgan fingerprint density at radius 2 is 1.53 bits per heavy atom. The van der Waals surface area contributed by atoms with Crippen molar-refractivity contribution < 1.29 is 132 Å². The Kier molecular flexibility index (Phi) is 11.9. The number of carboxylic acids is 2. The van der Waals surface area contributed by atoms with Crippen LogP contribution in [0.25, 0.3) is 0 Å². The van der Waals surface area contributed by atoms with E-state index in [9.17, 15) is 24.6 Å². The number of nitrogens with zero attached hydrogens (tertiary/aromatic N) is 1. The van der Waals surface area contributed by atoms with Gasteiger partial charge in [-0.2, -0.15) is 0 Å². The molecule has 0 aliphatic heterocycles. The van der Waals surface area contributed by atoms with E-state index in [0.717, 1.165) is 18.2 Å². The van der Waals surface area contributed by atoms with Crippen molar-refractivity contribution in [2.75, 3.05) is 0 Å². The minimum atomic E-state index is -1.70. The molecule has 0 amide bonds. The first kappa shape index (κ1) is 21.9. The number of aromatic nitrogens is 1. The van der Waals surface area contributed by atoms with E-state index in [1.54, 1.807) is 0 Å². The first-order valence-corrected chi connectivity index (χ1v) is 4.23. The molecule has 88 valence electrons. The molecular weight excluding hydrogens is 308 g/mol. The number of aromatic carboxylic acids is 2. The molecule has 19 heavy (non-hydrogen) atoms. The van der Waals surface area contributed by atoms with Crippen molar-refractivity contribution in [3.05, 3.63) is 36.2 Å². The maximum atomic E-state index is 10.9. The van der Waals surface area contributed by atoms with Gasteiger partial charge in [0.1, 0.15) is 5.75 Å². The molecule has 0 N–H and O–H groups in total. The van der Waals surface area contributed by atoms with Crippen molar-refractivity contribution in [3.63, 3.8) is 0 Å². The first-order chi connectivity index (χ1) is 7.93. The van der Waals surface area contributed by atoms with Crippen molar-refractivity contribution in [2.24, 2.45) is 0 Å². The number of hydrogen-bond acceptors (Lipinski definition) is 7. The van der Waals surface area contributed by atoms with Crippen LogP contribution >= 0.6 is 0 Å². The topological polar surface area (TPSA) is 119 Å². The monoisotopic (exact) mass is 313 g/mol. The van der Waals surface area contributed by atoms with Crippen LogP contribution in [-0.2, 0) is 4.79 Å². The standard InChI is InChI=1S/C10H7NO6.2K/c1-2-8(12)17-5-3-6(9(13)14)11-7(4-5)10(15)16;;/h2-4H,1H2,(H,13,14)(H,15,16);;/q;2*+1/p-2. The maximum absolute atomic E-state index is 10.9. The minimum Gasteiger partial charge on any atom is -0.543 e. The van der Waals surface area contributed by atoms with Gasteiger partial charge >= 0.3 is 109 Å². The Bertz CT molecular complexity index is 484. The summed E-state index contributed by atoms with van der Waals surface area (Å²) in [5, 5.41) is 21.1. The van der Waals surface area contributed by atoms with Crippen LogP contribution < -0.4 is 118 Å². The molecule has 1 heterocycles. The summed E-state index contributed by atoms with van der Waals surface area (Å²) in [6.45, 7) is 3.12. The SMILES string of the molecule is C=CC(=O)Oc1cc(C(=O)[O-])nc(C(=O)[O-])c1.[K+].[K+]. The van der Waals surface area contributed by atoms with E-state index in [1.807, 2.05) is 0 Å². The molecule has 0 aliphatic carbocycles. The van der Waals surface area contributed by atoms with Crippen LogP contribution in [-0.4, -0.2) is 22.9 Å². The van der Waals surface area contributed by atoms with Gasteiger partial charge in [0.15, 0.2) is 0 Å². The molecule has 0 bridgehead atoms. The van der Waals surface area contributed by atoms with Gasteiger partial charge in [-0.1, -0.05) is 6.58 Å². The molecule has 9 heteroatoms. The van der Waals surface area contributed by atoms with Gasteiger partial charge in [-0.3, -0.25) is 0 Å². The van der Waals surface area contributed by atoms with E-state index in [1.165, 1.54) is 0 Å². The molecule has 7 nitrogen and oxygen atoms in total. The third-order valence-corrected chi connectivity index (χ3v) is 1.60. The van der Waals surface area contributed by atoms with E-state index in [0.29, 0.717) is 0 Å². The molecule has 1 aromatic rings. The minimum absolute atomic E-state index is 0. The third kappa shape index (κ3) is 7.22. The van der Waals surface area contributed by atoms with Gasteiger partial charge < -0.3 is 24.5 Å². The predicted molar refractivity (Wildman–Crippen MR) is 48.7 cm³/mol. The molecule has 0 spiro atoms. The summed E-state index contributed by atoms with van der Waals surface area (Å²) in [7, 11) is 0. The van der Waals surface area contributed by atoms with Crippen LogP contribution in [0.2, 0.25) is 0 Å². The number of carboxylic acid groups (broad SMARTS) is 2.